The number of benzene rings is 2. The summed E-state index contributed by atoms with van der Waals surface area (Å²) in [5, 5.41) is 0. The van der Waals surface area contributed by atoms with Crippen molar-refractivity contribution in [3.8, 4) is 0 Å². The number of aromatic nitrogens is 3. The molecule has 6 nitrogen and oxygen atoms in total. The number of amides is 1. The maximum atomic E-state index is 14.0. The van der Waals surface area contributed by atoms with E-state index >= 15 is 0 Å². The van der Waals surface area contributed by atoms with Gasteiger partial charge in [0.15, 0.2) is 11.6 Å². The van der Waals surface area contributed by atoms with Crippen molar-refractivity contribution in [2.75, 3.05) is 22.9 Å². The molecule has 1 spiro atoms. The first-order valence-electron chi connectivity index (χ1n) is 11.8. The van der Waals surface area contributed by atoms with Crippen LogP contribution in [0.3, 0.4) is 0 Å². The van der Waals surface area contributed by atoms with Gasteiger partial charge in [-0.05, 0) is 43.2 Å². The van der Waals surface area contributed by atoms with Gasteiger partial charge in [-0.2, -0.15) is 13.2 Å². The van der Waals surface area contributed by atoms with Gasteiger partial charge in [0.25, 0.3) is 0 Å². The van der Waals surface area contributed by atoms with E-state index in [1.165, 1.54) is 11.0 Å². The van der Waals surface area contributed by atoms with Crippen LogP contribution in [-0.2, 0) is 11.0 Å². The van der Waals surface area contributed by atoms with E-state index in [9.17, 15) is 31.1 Å². The van der Waals surface area contributed by atoms with Crippen LogP contribution < -0.4 is 9.80 Å². The minimum Gasteiger partial charge on any atom is -0.342 e. The third-order valence-corrected chi connectivity index (χ3v) is 7.39. The highest BCUT2D eigenvalue weighted by molar-refractivity contribution is 6.06. The number of hydrogen-bond donors (Lipinski definition) is 1. The SMILES string of the molecule is O=C1N(c2ccc(F)c(F)c2)C(c2ccccn2)C12CCN(c1nc3cc(F)c(C(F)(F)F)cc3[nH]1)CC2. The number of fused-ring (bicyclic) bond motifs is 1. The highest BCUT2D eigenvalue weighted by Crippen LogP contribution is 2.57. The summed E-state index contributed by atoms with van der Waals surface area (Å²) in [7, 11) is 0. The van der Waals surface area contributed by atoms with E-state index in [0.717, 1.165) is 18.2 Å². The Morgan fingerprint density at radius 1 is 0.947 bits per heavy atom. The largest absolute Gasteiger partial charge is 0.419 e. The van der Waals surface area contributed by atoms with Crippen molar-refractivity contribution in [3.63, 3.8) is 0 Å². The van der Waals surface area contributed by atoms with Gasteiger partial charge in [-0.3, -0.25) is 9.78 Å². The summed E-state index contributed by atoms with van der Waals surface area (Å²) in [6, 6.07) is 9.48. The third kappa shape index (κ3) is 3.69. The number of H-pyrrole nitrogens is 1. The molecule has 2 fully saturated rings. The number of imidazole rings is 1. The average molecular weight is 531 g/mol. The molecule has 1 unspecified atom stereocenters. The van der Waals surface area contributed by atoms with Crippen LogP contribution in [-0.4, -0.2) is 33.9 Å². The summed E-state index contributed by atoms with van der Waals surface area (Å²) in [5.74, 6) is -3.48. The highest BCUT2D eigenvalue weighted by atomic mass is 19.4. The zero-order valence-electron chi connectivity index (χ0n) is 19.6. The molecule has 6 rings (SSSR count). The molecular formula is C26H19F6N5O. The molecule has 2 aromatic carbocycles. The molecule has 12 heteroatoms. The first kappa shape index (κ1) is 24.3. The van der Waals surface area contributed by atoms with Crippen LogP contribution in [0.1, 0.15) is 30.1 Å². The summed E-state index contributed by atoms with van der Waals surface area (Å²) in [4.78, 5) is 28.3. The second-order valence-electron chi connectivity index (χ2n) is 9.48. The number of piperidine rings is 1. The van der Waals surface area contributed by atoms with Crippen molar-refractivity contribution >= 4 is 28.6 Å². The van der Waals surface area contributed by atoms with Crippen molar-refractivity contribution in [1.29, 1.82) is 0 Å². The summed E-state index contributed by atoms with van der Waals surface area (Å²) in [5.41, 5.74) is -1.32. The van der Waals surface area contributed by atoms with E-state index in [0.29, 0.717) is 37.7 Å². The lowest BCUT2D eigenvalue weighted by atomic mass is 9.63. The molecule has 0 aliphatic carbocycles. The normalized spacial score (nSPS) is 19.3. The predicted octanol–water partition coefficient (Wildman–Crippen LogP) is 5.77. The monoisotopic (exact) mass is 531 g/mol. The van der Waals surface area contributed by atoms with Gasteiger partial charge < -0.3 is 14.8 Å². The van der Waals surface area contributed by atoms with E-state index in [2.05, 4.69) is 15.0 Å². The predicted molar refractivity (Wildman–Crippen MR) is 126 cm³/mol. The fourth-order valence-corrected chi connectivity index (χ4v) is 5.50. The van der Waals surface area contributed by atoms with Crippen LogP contribution in [0.4, 0.5) is 38.0 Å². The quantitative estimate of drug-likeness (QED) is 0.269. The minimum atomic E-state index is -4.84. The van der Waals surface area contributed by atoms with Gasteiger partial charge in [-0.1, -0.05) is 6.07 Å². The number of nitrogens with one attached hydrogen (secondary N) is 1. The van der Waals surface area contributed by atoms with Crippen LogP contribution in [0, 0.1) is 22.9 Å². The molecule has 4 heterocycles. The van der Waals surface area contributed by atoms with E-state index < -0.39 is 40.6 Å². The number of β-lactam (4-membered cyclic amide) rings is 1. The standard InChI is InChI=1S/C26H19F6N5O/c27-16-5-4-14(11-18(16)29)37-22(19-3-1-2-8-33-19)25(23(37)38)6-9-36(10-7-25)24-34-20-12-15(26(30,31)32)17(28)13-21(20)35-24/h1-5,8,11-13,22H,6-7,9-10H2,(H,34,35). The Bertz CT molecular complexity index is 1550. The summed E-state index contributed by atoms with van der Waals surface area (Å²) in [6.45, 7) is 0.657. The topological polar surface area (TPSA) is 65.1 Å². The second kappa shape index (κ2) is 8.47. The molecule has 0 radical (unpaired) electrons. The van der Waals surface area contributed by atoms with Gasteiger partial charge in [0, 0.05) is 37.1 Å². The maximum Gasteiger partial charge on any atom is 0.419 e. The third-order valence-electron chi connectivity index (χ3n) is 7.39. The first-order valence-corrected chi connectivity index (χ1v) is 11.8. The van der Waals surface area contributed by atoms with E-state index in [4.69, 9.17) is 0 Å². The maximum absolute atomic E-state index is 14.0. The molecule has 2 aliphatic rings. The lowest BCUT2D eigenvalue weighted by Crippen LogP contribution is -2.67. The number of halogens is 6. The number of pyridine rings is 1. The lowest BCUT2D eigenvalue weighted by Gasteiger charge is -2.58. The minimum absolute atomic E-state index is 0.0459. The lowest BCUT2D eigenvalue weighted by molar-refractivity contribution is -0.142. The molecule has 0 saturated carbocycles. The van der Waals surface area contributed by atoms with Crippen LogP contribution in [0.15, 0.2) is 54.7 Å². The summed E-state index contributed by atoms with van der Waals surface area (Å²) >= 11 is 0. The van der Waals surface area contributed by atoms with Crippen LogP contribution >= 0.6 is 0 Å². The summed E-state index contributed by atoms with van der Waals surface area (Å²) in [6.07, 6.45) is -2.54. The van der Waals surface area contributed by atoms with Crippen molar-refractivity contribution in [2.24, 2.45) is 5.41 Å². The smallest absolute Gasteiger partial charge is 0.342 e. The van der Waals surface area contributed by atoms with Gasteiger partial charge in [0.1, 0.15) is 5.82 Å². The number of nitrogens with zero attached hydrogens (tertiary/aromatic N) is 4. The van der Waals surface area contributed by atoms with Gasteiger partial charge in [0.05, 0.1) is 33.7 Å². The van der Waals surface area contributed by atoms with E-state index in [-0.39, 0.29) is 28.6 Å². The molecule has 1 amide bonds. The number of carbonyl (C=O) groups is 1. The fraction of sp³-hybridized carbons (Fsp3) is 0.269. The Morgan fingerprint density at radius 2 is 1.71 bits per heavy atom. The van der Waals surface area contributed by atoms with Crippen LogP contribution in [0.5, 0.6) is 0 Å². The molecule has 38 heavy (non-hydrogen) atoms. The molecule has 2 aromatic heterocycles. The number of anilines is 2. The molecule has 4 aromatic rings. The number of rotatable bonds is 3. The molecule has 1 atom stereocenters. The average Bonchev–Trinajstić information content (AvgIpc) is 3.31. The van der Waals surface area contributed by atoms with Gasteiger partial charge >= 0.3 is 6.18 Å². The van der Waals surface area contributed by atoms with Crippen LogP contribution in [0.25, 0.3) is 11.0 Å². The van der Waals surface area contributed by atoms with Crippen molar-refractivity contribution < 1.29 is 31.1 Å². The zero-order chi connectivity index (χ0) is 26.8. The Hall–Kier alpha value is -4.09. The van der Waals surface area contributed by atoms with Crippen LogP contribution in [0.2, 0.25) is 0 Å². The Labute approximate surface area is 211 Å². The van der Waals surface area contributed by atoms with Crippen molar-refractivity contribution in [3.05, 3.63) is 83.4 Å². The Kier molecular flexibility index (Phi) is 5.41. The molecule has 0 bridgehead atoms. The Balaban J connectivity index is 1.29. The molecule has 2 saturated heterocycles. The van der Waals surface area contributed by atoms with Gasteiger partial charge in [0.2, 0.25) is 11.9 Å². The number of alkyl halides is 3. The van der Waals surface area contributed by atoms with Crippen molar-refractivity contribution in [1.82, 2.24) is 15.0 Å². The summed E-state index contributed by atoms with van der Waals surface area (Å²) < 4.78 is 80.9. The molecule has 196 valence electrons. The molecule has 2 aliphatic heterocycles. The number of carbonyl (C=O) groups excluding carboxylic acids is 1. The molecular weight excluding hydrogens is 512 g/mol. The fourth-order valence-electron chi connectivity index (χ4n) is 5.50. The molecule has 1 N–H and O–H groups in total. The van der Waals surface area contributed by atoms with E-state index in [1.54, 1.807) is 29.3 Å². The Morgan fingerprint density at radius 3 is 2.37 bits per heavy atom. The highest BCUT2D eigenvalue weighted by Gasteiger charge is 2.62. The van der Waals surface area contributed by atoms with Gasteiger partial charge in [-0.15, -0.1) is 0 Å². The number of hydrogen-bond acceptors (Lipinski definition) is 4. The van der Waals surface area contributed by atoms with Crippen molar-refractivity contribution in [2.45, 2.75) is 25.1 Å². The van der Waals surface area contributed by atoms with E-state index in [1.807, 2.05) is 0 Å². The second-order valence-corrected chi connectivity index (χ2v) is 9.48. The number of aromatic amines is 1. The van der Waals surface area contributed by atoms with Gasteiger partial charge in [-0.25, -0.2) is 18.2 Å². The zero-order valence-corrected chi connectivity index (χ0v) is 19.6. The first-order chi connectivity index (χ1) is 18.1.